The van der Waals surface area contributed by atoms with Crippen LogP contribution in [0.3, 0.4) is 0 Å². The molecule has 0 amide bonds. The third-order valence-electron chi connectivity index (χ3n) is 5.05. The van der Waals surface area contributed by atoms with E-state index in [0.29, 0.717) is 12.6 Å². The first-order valence-electron chi connectivity index (χ1n) is 9.43. The molecule has 0 bridgehead atoms. The molecular formula is C22H26IN5. The van der Waals surface area contributed by atoms with Gasteiger partial charge < -0.3 is 15.5 Å². The number of hydrogen-bond acceptors (Lipinski definition) is 3. The Morgan fingerprint density at radius 1 is 1.11 bits per heavy atom. The van der Waals surface area contributed by atoms with Crippen molar-refractivity contribution in [3.05, 3.63) is 72.6 Å². The fourth-order valence-corrected chi connectivity index (χ4v) is 3.63. The summed E-state index contributed by atoms with van der Waals surface area (Å²) in [6, 6.07) is 21.3. The van der Waals surface area contributed by atoms with Gasteiger partial charge in [0.25, 0.3) is 0 Å². The Morgan fingerprint density at radius 2 is 1.89 bits per heavy atom. The van der Waals surface area contributed by atoms with E-state index < -0.39 is 0 Å². The minimum Gasteiger partial charge on any atom is -0.369 e. The molecule has 0 radical (unpaired) electrons. The number of benzene rings is 2. The van der Waals surface area contributed by atoms with Crippen LogP contribution >= 0.6 is 24.0 Å². The second kappa shape index (κ2) is 9.73. The van der Waals surface area contributed by atoms with Crippen LogP contribution in [0.15, 0.2) is 71.9 Å². The maximum Gasteiger partial charge on any atom is 0.191 e. The van der Waals surface area contributed by atoms with Crippen LogP contribution in [0.4, 0.5) is 5.69 Å². The molecule has 3 aromatic rings. The van der Waals surface area contributed by atoms with Crippen molar-refractivity contribution in [2.24, 2.45) is 4.99 Å². The SMILES string of the molecule is CN=C(NCc1nccc2ccccc12)NC1CCN(c2ccccc2)C1.I. The van der Waals surface area contributed by atoms with E-state index in [9.17, 15) is 0 Å². The van der Waals surface area contributed by atoms with Crippen molar-refractivity contribution in [2.45, 2.75) is 19.0 Å². The first-order chi connectivity index (χ1) is 13.3. The van der Waals surface area contributed by atoms with E-state index in [1.807, 2.05) is 19.3 Å². The average molecular weight is 487 g/mol. The maximum atomic E-state index is 4.54. The molecular weight excluding hydrogens is 461 g/mol. The highest BCUT2D eigenvalue weighted by atomic mass is 127. The second-order valence-corrected chi connectivity index (χ2v) is 6.82. The summed E-state index contributed by atoms with van der Waals surface area (Å²) in [6.45, 7) is 2.69. The van der Waals surface area contributed by atoms with Crippen LogP contribution in [0.2, 0.25) is 0 Å². The lowest BCUT2D eigenvalue weighted by Crippen LogP contribution is -2.44. The van der Waals surface area contributed by atoms with Crippen molar-refractivity contribution in [3.8, 4) is 0 Å². The van der Waals surface area contributed by atoms with Gasteiger partial charge in [0.1, 0.15) is 0 Å². The Morgan fingerprint density at radius 3 is 2.71 bits per heavy atom. The highest BCUT2D eigenvalue weighted by Gasteiger charge is 2.23. The van der Waals surface area contributed by atoms with Gasteiger partial charge in [0.05, 0.1) is 12.2 Å². The third kappa shape index (κ3) is 4.73. The van der Waals surface area contributed by atoms with Gasteiger partial charge in [-0.2, -0.15) is 0 Å². The quantitative estimate of drug-likeness (QED) is 0.334. The molecule has 4 rings (SSSR count). The lowest BCUT2D eigenvalue weighted by Gasteiger charge is -2.20. The molecule has 1 fully saturated rings. The summed E-state index contributed by atoms with van der Waals surface area (Å²) in [6.07, 6.45) is 2.96. The number of anilines is 1. The largest absolute Gasteiger partial charge is 0.369 e. The van der Waals surface area contributed by atoms with Gasteiger partial charge in [0, 0.05) is 43.4 Å². The van der Waals surface area contributed by atoms with E-state index in [1.54, 1.807) is 0 Å². The van der Waals surface area contributed by atoms with Gasteiger partial charge in [-0.3, -0.25) is 9.98 Å². The normalized spacial score (nSPS) is 16.7. The van der Waals surface area contributed by atoms with Gasteiger partial charge in [-0.15, -0.1) is 24.0 Å². The predicted molar refractivity (Wildman–Crippen MR) is 128 cm³/mol. The lowest BCUT2D eigenvalue weighted by molar-refractivity contribution is 0.647. The molecule has 1 aromatic heterocycles. The van der Waals surface area contributed by atoms with E-state index in [1.165, 1.54) is 16.5 Å². The molecule has 0 aliphatic carbocycles. The Bertz CT molecular complexity index is 923. The summed E-state index contributed by atoms with van der Waals surface area (Å²) >= 11 is 0. The van der Waals surface area contributed by atoms with Gasteiger partial charge in [-0.1, -0.05) is 42.5 Å². The Labute approximate surface area is 183 Å². The molecule has 0 spiro atoms. The fraction of sp³-hybridized carbons (Fsp3) is 0.273. The molecule has 2 aromatic carbocycles. The Balaban J connectivity index is 0.00000225. The number of aromatic nitrogens is 1. The van der Waals surface area contributed by atoms with Crippen molar-refractivity contribution in [2.75, 3.05) is 25.0 Å². The van der Waals surface area contributed by atoms with E-state index in [0.717, 1.165) is 31.2 Å². The summed E-state index contributed by atoms with van der Waals surface area (Å²) in [5.41, 5.74) is 2.32. The highest BCUT2D eigenvalue weighted by molar-refractivity contribution is 14.0. The summed E-state index contributed by atoms with van der Waals surface area (Å²) < 4.78 is 0. The molecule has 1 atom stereocenters. The Kier molecular flexibility index (Phi) is 7.08. The predicted octanol–water partition coefficient (Wildman–Crippen LogP) is 3.80. The van der Waals surface area contributed by atoms with Crippen LogP contribution < -0.4 is 15.5 Å². The monoisotopic (exact) mass is 487 g/mol. The maximum absolute atomic E-state index is 4.54. The minimum absolute atomic E-state index is 0. The topological polar surface area (TPSA) is 52.6 Å². The molecule has 146 valence electrons. The van der Waals surface area contributed by atoms with Crippen LogP contribution in [0, 0.1) is 0 Å². The minimum atomic E-state index is 0. The molecule has 2 N–H and O–H groups in total. The number of guanidine groups is 1. The van der Waals surface area contributed by atoms with Crippen LogP contribution in [-0.2, 0) is 6.54 Å². The van der Waals surface area contributed by atoms with Crippen LogP contribution in [0.1, 0.15) is 12.1 Å². The zero-order valence-electron chi connectivity index (χ0n) is 16.0. The van der Waals surface area contributed by atoms with E-state index in [2.05, 4.69) is 80.1 Å². The Hall–Kier alpha value is -2.35. The summed E-state index contributed by atoms with van der Waals surface area (Å²) in [5.74, 6) is 0.824. The van der Waals surface area contributed by atoms with E-state index in [-0.39, 0.29) is 24.0 Å². The smallest absolute Gasteiger partial charge is 0.191 e. The fourth-order valence-electron chi connectivity index (χ4n) is 3.63. The summed E-state index contributed by atoms with van der Waals surface area (Å²) in [5, 5.41) is 9.36. The molecule has 5 nitrogen and oxygen atoms in total. The molecule has 0 saturated carbocycles. The second-order valence-electron chi connectivity index (χ2n) is 6.82. The van der Waals surface area contributed by atoms with Gasteiger partial charge in [-0.25, -0.2) is 0 Å². The van der Waals surface area contributed by atoms with Gasteiger partial charge in [0.15, 0.2) is 5.96 Å². The summed E-state index contributed by atoms with van der Waals surface area (Å²) in [7, 11) is 1.82. The zero-order valence-corrected chi connectivity index (χ0v) is 18.3. The molecule has 1 unspecified atom stereocenters. The van der Waals surface area contributed by atoms with Crippen LogP contribution in [0.25, 0.3) is 10.8 Å². The zero-order chi connectivity index (χ0) is 18.5. The number of aliphatic imine (C=N–C) groups is 1. The number of rotatable bonds is 4. The van der Waals surface area contributed by atoms with E-state index >= 15 is 0 Å². The number of para-hydroxylation sites is 1. The highest BCUT2D eigenvalue weighted by Crippen LogP contribution is 2.20. The first-order valence-corrected chi connectivity index (χ1v) is 9.43. The van der Waals surface area contributed by atoms with E-state index in [4.69, 9.17) is 0 Å². The van der Waals surface area contributed by atoms with Gasteiger partial charge in [0.2, 0.25) is 0 Å². The van der Waals surface area contributed by atoms with Crippen molar-refractivity contribution in [1.29, 1.82) is 0 Å². The van der Waals surface area contributed by atoms with Crippen molar-refractivity contribution in [1.82, 2.24) is 15.6 Å². The number of hydrogen-bond donors (Lipinski definition) is 2. The molecule has 6 heteroatoms. The molecule has 28 heavy (non-hydrogen) atoms. The van der Waals surface area contributed by atoms with Crippen LogP contribution in [0.5, 0.6) is 0 Å². The molecule has 1 aliphatic rings. The third-order valence-corrected chi connectivity index (χ3v) is 5.05. The number of halogens is 1. The number of fused-ring (bicyclic) bond motifs is 1. The van der Waals surface area contributed by atoms with Gasteiger partial charge in [-0.05, 0) is 30.0 Å². The number of nitrogens with one attached hydrogen (secondary N) is 2. The standard InChI is InChI=1S/C22H25N5.HI/c1-23-22(25-15-21-20-10-6-5-7-17(20)11-13-24-21)26-18-12-14-27(16-18)19-8-3-2-4-9-19;/h2-11,13,18H,12,14-16H2,1H3,(H2,23,25,26);1H. The summed E-state index contributed by atoms with van der Waals surface area (Å²) in [4.78, 5) is 11.3. The number of pyridine rings is 1. The van der Waals surface area contributed by atoms with Crippen molar-refractivity contribution in [3.63, 3.8) is 0 Å². The molecule has 2 heterocycles. The molecule has 1 saturated heterocycles. The average Bonchev–Trinajstić information content (AvgIpc) is 3.20. The van der Waals surface area contributed by atoms with Gasteiger partial charge >= 0.3 is 0 Å². The van der Waals surface area contributed by atoms with Crippen molar-refractivity contribution >= 4 is 46.4 Å². The lowest BCUT2D eigenvalue weighted by atomic mass is 10.1. The van der Waals surface area contributed by atoms with Crippen LogP contribution in [-0.4, -0.2) is 37.1 Å². The van der Waals surface area contributed by atoms with Crippen molar-refractivity contribution < 1.29 is 0 Å². The molecule has 1 aliphatic heterocycles. The number of nitrogens with zero attached hydrogens (tertiary/aromatic N) is 3. The first kappa shape index (κ1) is 20.4.